The second-order valence-corrected chi connectivity index (χ2v) is 5.30. The molecular formula is C13H14IN3O2. The van der Waals surface area contributed by atoms with Gasteiger partial charge in [0.15, 0.2) is 0 Å². The quantitative estimate of drug-likeness (QED) is 0.641. The highest BCUT2D eigenvalue weighted by atomic mass is 127. The minimum absolute atomic E-state index is 0.0698. The summed E-state index contributed by atoms with van der Waals surface area (Å²) in [6.45, 7) is 2.45. The Labute approximate surface area is 124 Å². The summed E-state index contributed by atoms with van der Waals surface area (Å²) in [5, 5.41) is 16.5. The number of halogens is 1. The van der Waals surface area contributed by atoms with Crippen molar-refractivity contribution in [3.8, 4) is 5.75 Å². The van der Waals surface area contributed by atoms with Crippen molar-refractivity contribution in [2.45, 2.75) is 19.9 Å². The third-order valence-electron chi connectivity index (χ3n) is 2.63. The molecule has 0 atom stereocenters. The Kier molecular flexibility index (Phi) is 4.41. The van der Waals surface area contributed by atoms with Gasteiger partial charge in [-0.2, -0.15) is 5.10 Å². The number of phenolic OH excluding ortho intramolecular Hbond substituents is 1. The molecule has 0 saturated heterocycles. The SMILES string of the molecule is Cc1nn(CCC(=O)Nc2ccccc2O)cc1I. The molecule has 100 valence electrons. The normalized spacial score (nSPS) is 10.4. The molecule has 0 unspecified atom stereocenters. The number of anilines is 1. The molecule has 0 saturated carbocycles. The first-order valence-electron chi connectivity index (χ1n) is 5.83. The van der Waals surface area contributed by atoms with Crippen LogP contribution in [0.25, 0.3) is 0 Å². The standard InChI is InChI=1S/C13H14IN3O2/c1-9-10(14)8-17(16-9)7-6-13(19)15-11-4-2-3-5-12(11)18/h2-5,8,18H,6-7H2,1H3,(H,15,19). The molecule has 0 aliphatic heterocycles. The monoisotopic (exact) mass is 371 g/mol. The van der Waals surface area contributed by atoms with E-state index in [0.717, 1.165) is 9.26 Å². The van der Waals surface area contributed by atoms with Crippen molar-refractivity contribution in [2.24, 2.45) is 0 Å². The smallest absolute Gasteiger partial charge is 0.226 e. The van der Waals surface area contributed by atoms with Crippen molar-refractivity contribution in [3.05, 3.63) is 39.7 Å². The van der Waals surface area contributed by atoms with Crippen molar-refractivity contribution in [2.75, 3.05) is 5.32 Å². The number of carbonyl (C=O) groups is 1. The topological polar surface area (TPSA) is 67.2 Å². The van der Waals surface area contributed by atoms with Crippen molar-refractivity contribution in [3.63, 3.8) is 0 Å². The molecular weight excluding hydrogens is 357 g/mol. The molecule has 1 aromatic carbocycles. The maximum atomic E-state index is 11.8. The van der Waals surface area contributed by atoms with Crippen LogP contribution in [0.4, 0.5) is 5.69 Å². The molecule has 1 heterocycles. The zero-order valence-corrected chi connectivity index (χ0v) is 12.6. The lowest BCUT2D eigenvalue weighted by molar-refractivity contribution is -0.116. The average Bonchev–Trinajstić information content (AvgIpc) is 2.69. The van der Waals surface area contributed by atoms with Crippen LogP contribution < -0.4 is 5.32 Å². The number of hydrogen-bond donors (Lipinski definition) is 2. The van der Waals surface area contributed by atoms with Gasteiger partial charge in [-0.25, -0.2) is 0 Å². The molecule has 0 aliphatic rings. The zero-order valence-electron chi connectivity index (χ0n) is 10.4. The summed E-state index contributed by atoms with van der Waals surface area (Å²) in [6.07, 6.45) is 2.22. The van der Waals surface area contributed by atoms with Crippen LogP contribution in [-0.4, -0.2) is 20.8 Å². The van der Waals surface area contributed by atoms with Gasteiger partial charge in [0.2, 0.25) is 5.91 Å². The number of rotatable bonds is 4. The molecule has 0 bridgehead atoms. The number of amides is 1. The lowest BCUT2D eigenvalue weighted by atomic mass is 10.3. The van der Waals surface area contributed by atoms with Crippen LogP contribution in [0.5, 0.6) is 5.75 Å². The summed E-state index contributed by atoms with van der Waals surface area (Å²) in [5.41, 5.74) is 1.39. The number of aromatic hydroxyl groups is 1. The van der Waals surface area contributed by atoms with Gasteiger partial charge in [0.1, 0.15) is 5.75 Å². The molecule has 5 nitrogen and oxygen atoms in total. The van der Waals surface area contributed by atoms with Crippen molar-refractivity contribution in [1.29, 1.82) is 0 Å². The molecule has 6 heteroatoms. The summed E-state index contributed by atoms with van der Waals surface area (Å²) >= 11 is 2.21. The van der Waals surface area contributed by atoms with E-state index in [1.54, 1.807) is 22.9 Å². The first-order valence-corrected chi connectivity index (χ1v) is 6.91. The molecule has 0 fully saturated rings. The van der Waals surface area contributed by atoms with Crippen LogP contribution in [0.1, 0.15) is 12.1 Å². The van der Waals surface area contributed by atoms with Crippen LogP contribution in [0.2, 0.25) is 0 Å². The molecule has 0 aliphatic carbocycles. The number of para-hydroxylation sites is 2. The lowest BCUT2D eigenvalue weighted by Crippen LogP contribution is -2.14. The van der Waals surface area contributed by atoms with Gasteiger partial charge in [0.25, 0.3) is 0 Å². The van der Waals surface area contributed by atoms with E-state index in [0.29, 0.717) is 18.7 Å². The van der Waals surface area contributed by atoms with Gasteiger partial charge in [-0.1, -0.05) is 12.1 Å². The predicted octanol–water partition coefficient (Wildman–Crippen LogP) is 2.53. The van der Waals surface area contributed by atoms with E-state index < -0.39 is 0 Å². The van der Waals surface area contributed by atoms with Crippen molar-refractivity contribution in [1.82, 2.24) is 9.78 Å². The second-order valence-electron chi connectivity index (χ2n) is 4.14. The minimum atomic E-state index is -0.148. The number of benzene rings is 1. The van der Waals surface area contributed by atoms with E-state index in [1.165, 1.54) is 6.07 Å². The second kappa shape index (κ2) is 6.05. The Hall–Kier alpha value is -1.57. The van der Waals surface area contributed by atoms with E-state index in [-0.39, 0.29) is 11.7 Å². The van der Waals surface area contributed by atoms with E-state index in [2.05, 4.69) is 33.0 Å². The molecule has 2 aromatic rings. The molecule has 0 spiro atoms. The van der Waals surface area contributed by atoms with E-state index >= 15 is 0 Å². The van der Waals surface area contributed by atoms with Crippen molar-refractivity contribution < 1.29 is 9.90 Å². The fraction of sp³-hybridized carbons (Fsp3) is 0.231. The lowest BCUT2D eigenvalue weighted by Gasteiger charge is -2.06. The van der Waals surface area contributed by atoms with Gasteiger partial charge in [0, 0.05) is 19.2 Å². The number of carbonyl (C=O) groups excluding carboxylic acids is 1. The number of aryl methyl sites for hydroxylation is 2. The fourth-order valence-electron chi connectivity index (χ4n) is 1.62. The van der Waals surface area contributed by atoms with Crippen LogP contribution in [-0.2, 0) is 11.3 Å². The Morgan fingerprint density at radius 2 is 2.21 bits per heavy atom. The molecule has 1 aromatic heterocycles. The van der Waals surface area contributed by atoms with Gasteiger partial charge in [-0.3, -0.25) is 9.48 Å². The third-order valence-corrected chi connectivity index (χ3v) is 3.69. The maximum absolute atomic E-state index is 11.8. The van der Waals surface area contributed by atoms with Gasteiger partial charge >= 0.3 is 0 Å². The Morgan fingerprint density at radius 3 is 2.84 bits per heavy atom. The molecule has 19 heavy (non-hydrogen) atoms. The summed E-state index contributed by atoms with van der Waals surface area (Å²) in [4.78, 5) is 11.8. The van der Waals surface area contributed by atoms with Crippen LogP contribution in [0.3, 0.4) is 0 Å². The number of nitrogens with one attached hydrogen (secondary N) is 1. The zero-order chi connectivity index (χ0) is 13.8. The van der Waals surface area contributed by atoms with Crippen LogP contribution in [0.15, 0.2) is 30.5 Å². The summed E-state index contributed by atoms with van der Waals surface area (Å²) in [7, 11) is 0. The van der Waals surface area contributed by atoms with Crippen LogP contribution in [0, 0.1) is 10.5 Å². The molecule has 0 radical (unpaired) electrons. The first-order chi connectivity index (χ1) is 9.06. The van der Waals surface area contributed by atoms with E-state index in [4.69, 9.17) is 0 Å². The summed E-state index contributed by atoms with van der Waals surface area (Å²) in [5.74, 6) is -0.0787. The summed E-state index contributed by atoms with van der Waals surface area (Å²) < 4.78 is 2.83. The Balaban J connectivity index is 1.90. The highest BCUT2D eigenvalue weighted by Gasteiger charge is 2.07. The summed E-state index contributed by atoms with van der Waals surface area (Å²) in [6, 6.07) is 6.66. The molecule has 2 rings (SSSR count). The largest absolute Gasteiger partial charge is 0.506 e. The molecule has 1 amide bonds. The fourth-order valence-corrected chi connectivity index (χ4v) is 2.05. The van der Waals surface area contributed by atoms with Gasteiger partial charge in [-0.05, 0) is 41.6 Å². The first kappa shape index (κ1) is 13.9. The Morgan fingerprint density at radius 1 is 1.47 bits per heavy atom. The highest BCUT2D eigenvalue weighted by Crippen LogP contribution is 2.21. The van der Waals surface area contributed by atoms with Gasteiger partial charge < -0.3 is 10.4 Å². The number of nitrogens with zero attached hydrogens (tertiary/aromatic N) is 2. The highest BCUT2D eigenvalue weighted by molar-refractivity contribution is 14.1. The van der Waals surface area contributed by atoms with Crippen molar-refractivity contribution >= 4 is 34.2 Å². The number of phenols is 1. The Bertz CT molecular complexity index is 576. The van der Waals surface area contributed by atoms with Gasteiger partial charge in [-0.15, -0.1) is 0 Å². The van der Waals surface area contributed by atoms with E-state index in [9.17, 15) is 9.90 Å². The predicted molar refractivity (Wildman–Crippen MR) is 81.0 cm³/mol. The minimum Gasteiger partial charge on any atom is -0.506 e. The van der Waals surface area contributed by atoms with Crippen LogP contribution >= 0.6 is 22.6 Å². The molecule has 2 N–H and O–H groups in total. The van der Waals surface area contributed by atoms with Gasteiger partial charge in [0.05, 0.1) is 15.0 Å². The maximum Gasteiger partial charge on any atom is 0.226 e. The average molecular weight is 371 g/mol. The third kappa shape index (κ3) is 3.69. The number of hydrogen-bond acceptors (Lipinski definition) is 3. The number of aromatic nitrogens is 2. The van der Waals surface area contributed by atoms with E-state index in [1.807, 2.05) is 13.1 Å².